The fourth-order valence-electron chi connectivity index (χ4n) is 1.60. The molecule has 0 radical (unpaired) electrons. The number of thioether (sulfide) groups is 1. The summed E-state index contributed by atoms with van der Waals surface area (Å²) in [5.41, 5.74) is 2.44. The molecule has 0 aliphatic rings. The van der Waals surface area contributed by atoms with Gasteiger partial charge in [0.15, 0.2) is 0 Å². The van der Waals surface area contributed by atoms with Gasteiger partial charge in [-0.1, -0.05) is 12.6 Å². The molecule has 0 saturated carbocycles. The number of rotatable bonds is 4. The van der Waals surface area contributed by atoms with Crippen LogP contribution in [-0.4, -0.2) is 19.2 Å². The SMILES string of the molecule is C=C=C(/C=C\C(=O)NC)c1ccc(SC)c(C(F)(F)F)c1. The van der Waals surface area contributed by atoms with Crippen LogP contribution in [0.5, 0.6) is 0 Å². The van der Waals surface area contributed by atoms with Crippen LogP contribution in [0.2, 0.25) is 0 Å². The second kappa shape index (κ2) is 7.20. The van der Waals surface area contributed by atoms with Gasteiger partial charge in [-0.2, -0.15) is 13.2 Å². The Hall–Kier alpha value is -1.91. The van der Waals surface area contributed by atoms with Gasteiger partial charge >= 0.3 is 6.18 Å². The highest BCUT2D eigenvalue weighted by molar-refractivity contribution is 7.98. The van der Waals surface area contributed by atoms with E-state index in [0.717, 1.165) is 17.8 Å². The summed E-state index contributed by atoms with van der Waals surface area (Å²) < 4.78 is 39.0. The highest BCUT2D eigenvalue weighted by Gasteiger charge is 2.33. The molecule has 112 valence electrons. The molecule has 0 unspecified atom stereocenters. The molecule has 0 bridgehead atoms. The van der Waals surface area contributed by atoms with Gasteiger partial charge in [0, 0.05) is 23.6 Å². The summed E-state index contributed by atoms with van der Waals surface area (Å²) >= 11 is 1.02. The predicted octanol–water partition coefficient (Wildman–Crippen LogP) is 3.90. The molecule has 0 fully saturated rings. The molecule has 0 heterocycles. The second-order valence-electron chi connectivity index (χ2n) is 3.95. The molecule has 21 heavy (non-hydrogen) atoms. The Balaban J connectivity index is 3.28. The van der Waals surface area contributed by atoms with E-state index in [1.165, 1.54) is 25.3 Å². The Labute approximate surface area is 125 Å². The molecule has 1 amide bonds. The summed E-state index contributed by atoms with van der Waals surface area (Å²) in [6.07, 6.45) is -0.269. The molecule has 1 rings (SSSR count). The highest BCUT2D eigenvalue weighted by Crippen LogP contribution is 2.37. The number of hydrogen-bond acceptors (Lipinski definition) is 2. The van der Waals surface area contributed by atoms with Crippen molar-refractivity contribution in [1.82, 2.24) is 5.32 Å². The number of nitrogens with one attached hydrogen (secondary N) is 1. The van der Waals surface area contributed by atoms with Crippen molar-refractivity contribution in [2.75, 3.05) is 13.3 Å². The van der Waals surface area contributed by atoms with Crippen molar-refractivity contribution >= 4 is 23.2 Å². The van der Waals surface area contributed by atoms with Gasteiger partial charge in [0.25, 0.3) is 0 Å². The summed E-state index contributed by atoms with van der Waals surface area (Å²) in [4.78, 5) is 11.3. The van der Waals surface area contributed by atoms with Gasteiger partial charge in [-0.15, -0.1) is 17.5 Å². The first-order valence-corrected chi connectivity index (χ1v) is 7.11. The largest absolute Gasteiger partial charge is 0.417 e. The summed E-state index contributed by atoms with van der Waals surface area (Å²) in [5, 5.41) is 2.38. The first-order valence-electron chi connectivity index (χ1n) is 5.89. The van der Waals surface area contributed by atoms with Crippen molar-refractivity contribution in [2.45, 2.75) is 11.1 Å². The van der Waals surface area contributed by atoms with E-state index in [2.05, 4.69) is 17.6 Å². The van der Waals surface area contributed by atoms with Crippen molar-refractivity contribution in [1.29, 1.82) is 0 Å². The second-order valence-corrected chi connectivity index (χ2v) is 4.80. The topological polar surface area (TPSA) is 29.1 Å². The van der Waals surface area contributed by atoms with E-state index in [0.29, 0.717) is 11.1 Å². The molecule has 0 atom stereocenters. The fourth-order valence-corrected chi connectivity index (χ4v) is 2.20. The van der Waals surface area contributed by atoms with Crippen LogP contribution in [0, 0.1) is 0 Å². The Morgan fingerprint density at radius 2 is 2.05 bits per heavy atom. The molecule has 0 saturated heterocycles. The van der Waals surface area contributed by atoms with Crippen LogP contribution < -0.4 is 5.32 Å². The molecule has 1 aromatic carbocycles. The third-order valence-corrected chi connectivity index (χ3v) is 3.45. The van der Waals surface area contributed by atoms with Gasteiger partial charge in [-0.05, 0) is 30.0 Å². The van der Waals surface area contributed by atoms with E-state index in [9.17, 15) is 18.0 Å². The van der Waals surface area contributed by atoms with Crippen molar-refractivity contribution in [3.05, 3.63) is 53.8 Å². The molecule has 1 N–H and O–H groups in total. The van der Waals surface area contributed by atoms with Gasteiger partial charge in [-0.3, -0.25) is 4.79 Å². The zero-order chi connectivity index (χ0) is 16.0. The monoisotopic (exact) mass is 313 g/mol. The fraction of sp³-hybridized carbons (Fsp3) is 0.200. The van der Waals surface area contributed by atoms with Gasteiger partial charge in [-0.25, -0.2) is 0 Å². The lowest BCUT2D eigenvalue weighted by molar-refractivity contribution is -0.139. The van der Waals surface area contributed by atoms with Gasteiger partial charge in [0.05, 0.1) is 5.56 Å². The van der Waals surface area contributed by atoms with Crippen LogP contribution in [-0.2, 0) is 11.0 Å². The summed E-state index contributed by atoms with van der Waals surface area (Å²) in [6, 6.07) is 3.98. The van der Waals surface area contributed by atoms with Crippen LogP contribution in [0.25, 0.3) is 5.57 Å². The number of likely N-dealkylation sites (N-methyl/N-ethyl adjacent to an activating group) is 1. The first kappa shape index (κ1) is 17.1. The van der Waals surface area contributed by atoms with Crippen LogP contribution >= 0.6 is 11.8 Å². The quantitative estimate of drug-likeness (QED) is 0.395. The summed E-state index contributed by atoms with van der Waals surface area (Å²) in [6.45, 7) is 3.44. The molecular formula is C15H14F3NOS. The number of amides is 1. The molecular weight excluding hydrogens is 299 g/mol. The average molecular weight is 313 g/mol. The van der Waals surface area contributed by atoms with Gasteiger partial charge in [0.2, 0.25) is 5.91 Å². The Bertz CT molecular complexity index is 614. The van der Waals surface area contributed by atoms with Crippen LogP contribution in [0.3, 0.4) is 0 Å². The van der Waals surface area contributed by atoms with Crippen molar-refractivity contribution in [3.8, 4) is 0 Å². The lowest BCUT2D eigenvalue weighted by Gasteiger charge is -2.13. The molecule has 0 aliphatic heterocycles. The molecule has 0 aromatic heterocycles. The zero-order valence-electron chi connectivity index (χ0n) is 11.5. The maximum atomic E-state index is 13.0. The number of carbonyl (C=O) groups excluding carboxylic acids is 1. The molecule has 1 aromatic rings. The molecule has 0 aliphatic carbocycles. The predicted molar refractivity (Wildman–Crippen MR) is 79.0 cm³/mol. The number of hydrogen-bond donors (Lipinski definition) is 1. The van der Waals surface area contributed by atoms with Gasteiger partial charge in [0.1, 0.15) is 0 Å². The van der Waals surface area contributed by atoms with E-state index < -0.39 is 11.7 Å². The van der Waals surface area contributed by atoms with E-state index in [1.807, 2.05) is 0 Å². The normalized spacial score (nSPS) is 11.3. The van der Waals surface area contributed by atoms with Crippen molar-refractivity contribution < 1.29 is 18.0 Å². The van der Waals surface area contributed by atoms with Crippen molar-refractivity contribution in [2.24, 2.45) is 0 Å². The van der Waals surface area contributed by atoms with E-state index in [4.69, 9.17) is 0 Å². The van der Waals surface area contributed by atoms with E-state index in [-0.39, 0.29) is 10.8 Å². The van der Waals surface area contributed by atoms with Crippen LogP contribution in [0.4, 0.5) is 13.2 Å². The first-order chi connectivity index (χ1) is 9.83. The van der Waals surface area contributed by atoms with Gasteiger partial charge < -0.3 is 5.32 Å². The lowest BCUT2D eigenvalue weighted by atomic mass is 10.0. The summed E-state index contributed by atoms with van der Waals surface area (Å²) in [5.74, 6) is -0.362. The highest BCUT2D eigenvalue weighted by atomic mass is 32.2. The van der Waals surface area contributed by atoms with Crippen LogP contribution in [0.1, 0.15) is 11.1 Å². The Kier molecular flexibility index (Phi) is 5.88. The van der Waals surface area contributed by atoms with E-state index in [1.54, 1.807) is 12.3 Å². The summed E-state index contributed by atoms with van der Waals surface area (Å²) in [7, 11) is 1.46. The molecule has 6 heteroatoms. The number of carbonyl (C=O) groups is 1. The Morgan fingerprint density at radius 3 is 2.52 bits per heavy atom. The number of alkyl halides is 3. The van der Waals surface area contributed by atoms with Crippen molar-refractivity contribution in [3.63, 3.8) is 0 Å². The lowest BCUT2D eigenvalue weighted by Crippen LogP contribution is -2.14. The Morgan fingerprint density at radius 1 is 1.38 bits per heavy atom. The minimum atomic E-state index is -4.44. The molecule has 2 nitrogen and oxygen atoms in total. The standard InChI is InChI=1S/C15H14F3NOS/c1-4-10(6-8-14(20)19-2)11-5-7-13(21-3)12(9-11)15(16,17)18/h5-9H,1H2,2-3H3,(H,19,20)/b8-6-. The average Bonchev–Trinajstić information content (AvgIpc) is 2.46. The number of halogens is 3. The third-order valence-electron chi connectivity index (χ3n) is 2.65. The third kappa shape index (κ3) is 4.55. The maximum Gasteiger partial charge on any atom is 0.417 e. The maximum absolute atomic E-state index is 13.0. The van der Waals surface area contributed by atoms with Crippen LogP contribution in [0.15, 0.2) is 47.6 Å². The van der Waals surface area contributed by atoms with E-state index >= 15 is 0 Å². The minimum absolute atomic E-state index is 0.143. The number of allylic oxidation sites excluding steroid dienone is 2. The minimum Gasteiger partial charge on any atom is -0.356 e. The number of benzene rings is 1. The molecule has 0 spiro atoms. The smallest absolute Gasteiger partial charge is 0.356 e. The zero-order valence-corrected chi connectivity index (χ0v) is 12.4.